The average Bonchev–Trinajstić information content (AvgIpc) is 2.91. The number of para-hydroxylation sites is 1. The summed E-state index contributed by atoms with van der Waals surface area (Å²) >= 11 is 4.99. The Morgan fingerprint density at radius 1 is 1.29 bits per heavy atom. The molecule has 1 N–H and O–H groups in total. The number of carbonyl (C=O) groups is 1. The molecular weight excluding hydrogens is 405 g/mol. The van der Waals surface area contributed by atoms with Gasteiger partial charge < -0.3 is 5.32 Å². The van der Waals surface area contributed by atoms with Crippen molar-refractivity contribution in [3.8, 4) is 0 Å². The van der Waals surface area contributed by atoms with E-state index in [9.17, 15) is 18.0 Å². The molecular formula is C16H16BrF3N2OS. The highest BCUT2D eigenvalue weighted by molar-refractivity contribution is 9.10. The van der Waals surface area contributed by atoms with Gasteiger partial charge in [0.05, 0.1) is 17.8 Å². The van der Waals surface area contributed by atoms with Crippen LogP contribution in [0.3, 0.4) is 0 Å². The van der Waals surface area contributed by atoms with Crippen LogP contribution in [0.2, 0.25) is 0 Å². The monoisotopic (exact) mass is 420 g/mol. The summed E-state index contributed by atoms with van der Waals surface area (Å²) in [5.41, 5.74) is -1.06. The molecule has 1 amide bonds. The molecule has 1 heterocycles. The van der Waals surface area contributed by atoms with E-state index in [4.69, 9.17) is 0 Å². The molecule has 3 nitrogen and oxygen atoms in total. The maximum atomic E-state index is 13.0. The summed E-state index contributed by atoms with van der Waals surface area (Å²) in [7, 11) is 0. The van der Waals surface area contributed by atoms with Crippen molar-refractivity contribution in [1.29, 1.82) is 0 Å². The van der Waals surface area contributed by atoms with Gasteiger partial charge in [-0.1, -0.05) is 19.1 Å². The van der Waals surface area contributed by atoms with Crippen LogP contribution >= 0.6 is 27.3 Å². The summed E-state index contributed by atoms with van der Waals surface area (Å²) in [6.07, 6.45) is -4.50. The minimum Gasteiger partial charge on any atom is -0.324 e. The van der Waals surface area contributed by atoms with Gasteiger partial charge >= 0.3 is 6.18 Å². The van der Waals surface area contributed by atoms with Crippen molar-refractivity contribution in [3.05, 3.63) is 50.6 Å². The topological polar surface area (TPSA) is 32.3 Å². The van der Waals surface area contributed by atoms with E-state index in [-0.39, 0.29) is 12.2 Å². The largest absolute Gasteiger partial charge is 0.418 e. The molecule has 0 unspecified atom stereocenters. The van der Waals surface area contributed by atoms with Crippen LogP contribution in [0.15, 0.2) is 40.2 Å². The van der Waals surface area contributed by atoms with Gasteiger partial charge in [0.2, 0.25) is 5.91 Å². The molecule has 8 heteroatoms. The molecule has 1 aromatic heterocycles. The smallest absolute Gasteiger partial charge is 0.324 e. The third kappa shape index (κ3) is 5.06. The summed E-state index contributed by atoms with van der Waals surface area (Å²) in [5.74, 6) is -0.471. The SMILES string of the molecule is CCN(CC(=O)Nc1ccccc1C(F)(F)F)Cc1sccc1Br. The Balaban J connectivity index is 2.03. The normalized spacial score (nSPS) is 11.8. The van der Waals surface area contributed by atoms with E-state index in [1.807, 2.05) is 23.3 Å². The molecule has 0 saturated heterocycles. The number of nitrogens with one attached hydrogen (secondary N) is 1. The van der Waals surface area contributed by atoms with E-state index in [2.05, 4.69) is 21.2 Å². The number of benzene rings is 1. The Hall–Kier alpha value is -1.38. The molecule has 0 aliphatic rings. The molecule has 0 aliphatic carbocycles. The third-order valence-corrected chi connectivity index (χ3v) is 5.29. The van der Waals surface area contributed by atoms with Gasteiger partial charge in [-0.05, 0) is 46.1 Å². The second kappa shape index (κ2) is 8.13. The highest BCUT2D eigenvalue weighted by Crippen LogP contribution is 2.34. The minimum absolute atomic E-state index is 0.0209. The number of likely N-dealkylation sites (N-methyl/N-ethyl adjacent to an activating group) is 1. The Morgan fingerprint density at radius 2 is 2.00 bits per heavy atom. The molecule has 130 valence electrons. The lowest BCUT2D eigenvalue weighted by atomic mass is 10.1. The van der Waals surface area contributed by atoms with Crippen LogP contribution in [-0.2, 0) is 17.5 Å². The van der Waals surface area contributed by atoms with Crippen molar-refractivity contribution in [2.75, 3.05) is 18.4 Å². The number of carbonyl (C=O) groups excluding carboxylic acids is 1. The van der Waals surface area contributed by atoms with Gasteiger partial charge in [-0.25, -0.2) is 0 Å². The minimum atomic E-state index is -4.50. The second-order valence-corrected chi connectivity index (χ2v) is 6.94. The molecule has 0 atom stereocenters. The fourth-order valence-electron chi connectivity index (χ4n) is 2.15. The van der Waals surface area contributed by atoms with Crippen molar-refractivity contribution in [2.45, 2.75) is 19.6 Å². The highest BCUT2D eigenvalue weighted by Gasteiger charge is 2.33. The quantitative estimate of drug-likeness (QED) is 0.713. The van der Waals surface area contributed by atoms with Crippen LogP contribution in [0.25, 0.3) is 0 Å². The van der Waals surface area contributed by atoms with E-state index in [1.54, 1.807) is 11.3 Å². The Kier molecular flexibility index (Phi) is 6.42. The molecule has 24 heavy (non-hydrogen) atoms. The van der Waals surface area contributed by atoms with E-state index in [0.717, 1.165) is 15.4 Å². The maximum absolute atomic E-state index is 13.0. The van der Waals surface area contributed by atoms with Crippen molar-refractivity contribution in [3.63, 3.8) is 0 Å². The fraction of sp³-hybridized carbons (Fsp3) is 0.312. The molecule has 0 fully saturated rings. The van der Waals surface area contributed by atoms with E-state index in [0.29, 0.717) is 13.1 Å². The maximum Gasteiger partial charge on any atom is 0.418 e. The van der Waals surface area contributed by atoms with Gasteiger partial charge in [-0.3, -0.25) is 9.69 Å². The first-order valence-corrected chi connectivity index (χ1v) is 8.88. The number of anilines is 1. The van der Waals surface area contributed by atoms with Crippen molar-refractivity contribution in [2.24, 2.45) is 0 Å². The number of hydrogen-bond donors (Lipinski definition) is 1. The number of alkyl halides is 3. The zero-order valence-corrected chi connectivity index (χ0v) is 15.3. The van der Waals surface area contributed by atoms with Crippen LogP contribution < -0.4 is 5.32 Å². The van der Waals surface area contributed by atoms with E-state index < -0.39 is 17.6 Å². The van der Waals surface area contributed by atoms with E-state index in [1.165, 1.54) is 18.2 Å². The molecule has 0 spiro atoms. The predicted octanol–water partition coefficient (Wildman–Crippen LogP) is 4.99. The predicted molar refractivity (Wildman–Crippen MR) is 93.0 cm³/mol. The number of halogens is 4. The summed E-state index contributed by atoms with van der Waals surface area (Å²) in [6.45, 7) is 3.09. The lowest BCUT2D eigenvalue weighted by molar-refractivity contribution is -0.137. The first kappa shape index (κ1) is 19.0. The van der Waals surface area contributed by atoms with Crippen LogP contribution in [-0.4, -0.2) is 23.9 Å². The van der Waals surface area contributed by atoms with Crippen LogP contribution in [0.4, 0.5) is 18.9 Å². The summed E-state index contributed by atoms with van der Waals surface area (Å²) in [4.78, 5) is 15.1. The summed E-state index contributed by atoms with van der Waals surface area (Å²) < 4.78 is 39.8. The van der Waals surface area contributed by atoms with Crippen molar-refractivity contribution in [1.82, 2.24) is 4.90 Å². The summed E-state index contributed by atoms with van der Waals surface area (Å²) in [5, 5.41) is 4.30. The molecule has 0 saturated carbocycles. The molecule has 2 rings (SSSR count). The zero-order chi connectivity index (χ0) is 17.7. The summed E-state index contributed by atoms with van der Waals surface area (Å²) in [6, 6.07) is 6.90. The number of thiophene rings is 1. The van der Waals surface area contributed by atoms with Gasteiger partial charge in [-0.2, -0.15) is 13.2 Å². The van der Waals surface area contributed by atoms with Crippen LogP contribution in [0.1, 0.15) is 17.4 Å². The molecule has 0 aliphatic heterocycles. The lowest BCUT2D eigenvalue weighted by Gasteiger charge is -2.20. The van der Waals surface area contributed by atoms with Crippen LogP contribution in [0.5, 0.6) is 0 Å². The number of nitrogens with zero attached hydrogens (tertiary/aromatic N) is 1. The standard InChI is InChI=1S/C16H16BrF3N2OS/c1-2-22(9-14-12(17)7-8-24-14)10-15(23)21-13-6-4-3-5-11(13)16(18,19)20/h3-8H,2,9-10H2,1H3,(H,21,23). The number of rotatable bonds is 6. The van der Waals surface area contributed by atoms with Crippen molar-refractivity contribution >= 4 is 38.9 Å². The third-order valence-electron chi connectivity index (χ3n) is 3.38. The fourth-order valence-corrected chi connectivity index (χ4v) is 3.67. The van der Waals surface area contributed by atoms with Crippen molar-refractivity contribution < 1.29 is 18.0 Å². The second-order valence-electron chi connectivity index (χ2n) is 5.09. The first-order chi connectivity index (χ1) is 11.3. The van der Waals surface area contributed by atoms with Gasteiger partial charge in [0.1, 0.15) is 0 Å². The van der Waals surface area contributed by atoms with Gasteiger partial charge in [0.15, 0.2) is 0 Å². The number of amides is 1. The lowest BCUT2D eigenvalue weighted by Crippen LogP contribution is -2.33. The molecule has 2 aromatic rings. The van der Waals surface area contributed by atoms with Gasteiger partial charge in [-0.15, -0.1) is 11.3 Å². The average molecular weight is 421 g/mol. The first-order valence-electron chi connectivity index (χ1n) is 7.21. The number of hydrogen-bond acceptors (Lipinski definition) is 3. The Morgan fingerprint density at radius 3 is 2.58 bits per heavy atom. The molecule has 1 aromatic carbocycles. The van der Waals surface area contributed by atoms with E-state index >= 15 is 0 Å². The molecule has 0 bridgehead atoms. The molecule has 0 radical (unpaired) electrons. The van der Waals surface area contributed by atoms with Gasteiger partial charge in [0, 0.05) is 15.9 Å². The Labute approximate surface area is 150 Å². The van der Waals surface area contributed by atoms with Gasteiger partial charge in [0.25, 0.3) is 0 Å². The highest BCUT2D eigenvalue weighted by atomic mass is 79.9. The zero-order valence-electron chi connectivity index (χ0n) is 12.9. The van der Waals surface area contributed by atoms with Crippen LogP contribution in [0, 0.1) is 0 Å². The Bertz CT molecular complexity index is 703.